The molecule has 1 amide bonds. The number of hydrogen-bond donors (Lipinski definition) is 4. The minimum Gasteiger partial charge on any atom is -0.481 e. The molecular formula is C8H11NO7. The third-order valence-electron chi connectivity index (χ3n) is 2.56. The molecule has 1 aliphatic rings. The van der Waals surface area contributed by atoms with Crippen LogP contribution in [0.3, 0.4) is 0 Å². The Kier molecular flexibility index (Phi) is 3.33. The predicted molar refractivity (Wildman–Crippen MR) is 47.9 cm³/mol. The van der Waals surface area contributed by atoms with Gasteiger partial charge in [-0.05, 0) is 0 Å². The van der Waals surface area contributed by atoms with E-state index in [-0.39, 0.29) is 0 Å². The van der Waals surface area contributed by atoms with Crippen LogP contribution in [0.1, 0.15) is 0 Å². The molecule has 2 unspecified atom stereocenters. The van der Waals surface area contributed by atoms with Crippen molar-refractivity contribution >= 4 is 18.0 Å². The van der Waals surface area contributed by atoms with E-state index in [1.165, 1.54) is 0 Å². The third-order valence-corrected chi connectivity index (χ3v) is 2.56. The number of aliphatic hydroxyl groups is 1. The Labute approximate surface area is 89.7 Å². The summed E-state index contributed by atoms with van der Waals surface area (Å²) in [5.74, 6) is -5.65. The molecule has 0 aromatic heterocycles. The van der Waals surface area contributed by atoms with Crippen molar-refractivity contribution in [3.05, 3.63) is 0 Å². The van der Waals surface area contributed by atoms with Gasteiger partial charge < -0.3 is 25.3 Å². The van der Waals surface area contributed by atoms with Crippen LogP contribution in [-0.2, 0) is 9.59 Å². The van der Waals surface area contributed by atoms with E-state index in [0.717, 1.165) is 0 Å². The number of carboxylic acid groups (broad SMARTS) is 3. The van der Waals surface area contributed by atoms with Crippen molar-refractivity contribution in [2.75, 3.05) is 13.1 Å². The van der Waals surface area contributed by atoms with Crippen LogP contribution in [0.15, 0.2) is 0 Å². The lowest BCUT2D eigenvalue weighted by Crippen LogP contribution is -2.55. The van der Waals surface area contributed by atoms with Crippen molar-refractivity contribution in [2.45, 2.75) is 6.10 Å². The maximum absolute atomic E-state index is 10.7. The zero-order valence-electron chi connectivity index (χ0n) is 8.11. The van der Waals surface area contributed by atoms with Crippen molar-refractivity contribution in [2.24, 2.45) is 11.8 Å². The molecule has 8 nitrogen and oxygen atoms in total. The number of carbonyl (C=O) groups is 3. The largest absolute Gasteiger partial charge is 0.481 e. The molecule has 2 atom stereocenters. The molecule has 4 N–H and O–H groups in total. The normalized spacial score (nSPS) is 29.8. The van der Waals surface area contributed by atoms with Gasteiger partial charge in [0.2, 0.25) is 0 Å². The van der Waals surface area contributed by atoms with Gasteiger partial charge in [0, 0.05) is 13.1 Å². The highest BCUT2D eigenvalue weighted by Gasteiger charge is 2.44. The van der Waals surface area contributed by atoms with E-state index in [1.54, 1.807) is 0 Å². The molecule has 0 aromatic rings. The third kappa shape index (κ3) is 2.22. The van der Waals surface area contributed by atoms with Gasteiger partial charge in [0.05, 0.1) is 6.10 Å². The maximum Gasteiger partial charge on any atom is 0.407 e. The lowest BCUT2D eigenvalue weighted by Gasteiger charge is -2.36. The molecule has 0 spiro atoms. The Hall–Kier alpha value is -1.83. The van der Waals surface area contributed by atoms with E-state index in [2.05, 4.69) is 0 Å². The highest BCUT2D eigenvalue weighted by Crippen LogP contribution is 2.23. The van der Waals surface area contributed by atoms with Crippen molar-refractivity contribution in [1.82, 2.24) is 4.90 Å². The van der Waals surface area contributed by atoms with E-state index in [1.807, 2.05) is 0 Å². The number of nitrogens with zero attached hydrogens (tertiary/aromatic N) is 1. The van der Waals surface area contributed by atoms with Crippen LogP contribution < -0.4 is 0 Å². The summed E-state index contributed by atoms with van der Waals surface area (Å²) >= 11 is 0. The zero-order chi connectivity index (χ0) is 12.5. The van der Waals surface area contributed by atoms with Crippen molar-refractivity contribution in [1.29, 1.82) is 0 Å². The fraction of sp³-hybridized carbons (Fsp3) is 0.625. The number of rotatable bonds is 2. The van der Waals surface area contributed by atoms with E-state index in [4.69, 9.17) is 15.3 Å². The summed E-state index contributed by atoms with van der Waals surface area (Å²) in [7, 11) is 0. The highest BCUT2D eigenvalue weighted by molar-refractivity contribution is 5.78. The molecule has 1 heterocycles. The molecule has 0 aliphatic carbocycles. The summed E-state index contributed by atoms with van der Waals surface area (Å²) < 4.78 is 0. The van der Waals surface area contributed by atoms with Gasteiger partial charge in [0.15, 0.2) is 0 Å². The van der Waals surface area contributed by atoms with Crippen LogP contribution in [0.2, 0.25) is 0 Å². The molecule has 1 fully saturated rings. The number of aliphatic carboxylic acids is 2. The van der Waals surface area contributed by atoms with Gasteiger partial charge in [-0.3, -0.25) is 9.59 Å². The summed E-state index contributed by atoms with van der Waals surface area (Å²) in [5, 5.41) is 35.6. The minimum atomic E-state index is -1.58. The van der Waals surface area contributed by atoms with E-state index < -0.39 is 49.1 Å². The molecule has 1 rings (SSSR count). The Morgan fingerprint density at radius 3 is 1.56 bits per heavy atom. The maximum atomic E-state index is 10.7. The van der Waals surface area contributed by atoms with Crippen LogP contribution in [-0.4, -0.2) is 62.6 Å². The molecular weight excluding hydrogens is 222 g/mol. The second-order valence-electron chi connectivity index (χ2n) is 3.57. The van der Waals surface area contributed by atoms with Gasteiger partial charge in [-0.1, -0.05) is 0 Å². The standard InChI is InChI=1S/C8H11NO7/c10-5-3(6(11)12)1-9(8(15)16)2-4(5)7(13)14/h3-5,10H,1-2H2,(H,11,12)(H,13,14)(H,15,16). The van der Waals surface area contributed by atoms with E-state index in [0.29, 0.717) is 4.90 Å². The number of aliphatic hydroxyl groups excluding tert-OH is 1. The average molecular weight is 233 g/mol. The van der Waals surface area contributed by atoms with Crippen LogP contribution in [0.4, 0.5) is 4.79 Å². The monoisotopic (exact) mass is 233 g/mol. The number of amides is 1. The Bertz CT molecular complexity index is 304. The van der Waals surface area contributed by atoms with Gasteiger partial charge in [-0.2, -0.15) is 0 Å². The smallest absolute Gasteiger partial charge is 0.407 e. The summed E-state index contributed by atoms with van der Waals surface area (Å²) in [6.07, 6.45) is -2.98. The summed E-state index contributed by atoms with van der Waals surface area (Å²) in [4.78, 5) is 32.8. The van der Waals surface area contributed by atoms with Gasteiger partial charge in [0.25, 0.3) is 0 Å². The fourth-order valence-corrected chi connectivity index (χ4v) is 1.65. The number of hydrogen-bond acceptors (Lipinski definition) is 4. The van der Waals surface area contributed by atoms with Gasteiger partial charge >= 0.3 is 18.0 Å². The second kappa shape index (κ2) is 4.35. The Morgan fingerprint density at radius 1 is 0.938 bits per heavy atom. The molecule has 16 heavy (non-hydrogen) atoms. The molecule has 0 radical (unpaired) electrons. The lowest BCUT2D eigenvalue weighted by molar-refractivity contribution is -0.159. The van der Waals surface area contributed by atoms with Crippen LogP contribution in [0.25, 0.3) is 0 Å². The fourth-order valence-electron chi connectivity index (χ4n) is 1.65. The Morgan fingerprint density at radius 2 is 1.31 bits per heavy atom. The quantitative estimate of drug-likeness (QED) is 0.467. The molecule has 0 saturated carbocycles. The molecule has 8 heteroatoms. The van der Waals surface area contributed by atoms with Crippen molar-refractivity contribution in [3.63, 3.8) is 0 Å². The van der Waals surface area contributed by atoms with Gasteiger partial charge in [-0.25, -0.2) is 4.79 Å². The molecule has 0 aromatic carbocycles. The summed E-state index contributed by atoms with van der Waals surface area (Å²) in [6, 6.07) is 0. The molecule has 1 saturated heterocycles. The SMILES string of the molecule is O=C(O)C1CN(C(=O)O)CC(C(=O)O)C1O. The summed E-state index contributed by atoms with van der Waals surface area (Å²) in [6.45, 7) is -0.814. The predicted octanol–water partition coefficient (Wildman–Crippen LogP) is -1.26. The molecule has 0 bridgehead atoms. The van der Waals surface area contributed by atoms with Crippen LogP contribution in [0, 0.1) is 11.8 Å². The van der Waals surface area contributed by atoms with Crippen LogP contribution in [0.5, 0.6) is 0 Å². The Balaban J connectivity index is 2.92. The van der Waals surface area contributed by atoms with Crippen molar-refractivity contribution < 1.29 is 34.8 Å². The average Bonchev–Trinajstić information content (AvgIpc) is 2.16. The van der Waals surface area contributed by atoms with Crippen molar-refractivity contribution in [3.8, 4) is 0 Å². The second-order valence-corrected chi connectivity index (χ2v) is 3.57. The van der Waals surface area contributed by atoms with Gasteiger partial charge in [0.1, 0.15) is 11.8 Å². The van der Waals surface area contributed by atoms with Gasteiger partial charge in [-0.15, -0.1) is 0 Å². The first-order valence-corrected chi connectivity index (χ1v) is 4.46. The van der Waals surface area contributed by atoms with Crippen LogP contribution >= 0.6 is 0 Å². The van der Waals surface area contributed by atoms with E-state index in [9.17, 15) is 19.5 Å². The number of piperidine rings is 1. The highest BCUT2D eigenvalue weighted by atomic mass is 16.4. The zero-order valence-corrected chi connectivity index (χ0v) is 8.11. The van der Waals surface area contributed by atoms with E-state index >= 15 is 0 Å². The molecule has 1 aliphatic heterocycles. The lowest BCUT2D eigenvalue weighted by atomic mass is 9.86. The minimum absolute atomic E-state index is 0.407. The first kappa shape index (κ1) is 12.2. The first-order valence-electron chi connectivity index (χ1n) is 4.46. The number of carboxylic acids is 2. The first-order chi connectivity index (χ1) is 7.34. The molecule has 90 valence electrons. The summed E-state index contributed by atoms with van der Waals surface area (Å²) in [5.41, 5.74) is 0. The topological polar surface area (TPSA) is 135 Å². The number of likely N-dealkylation sites (tertiary alicyclic amines) is 1.